The lowest BCUT2D eigenvalue weighted by Gasteiger charge is -2.29. The summed E-state index contributed by atoms with van der Waals surface area (Å²) in [7, 11) is 2.18. The highest BCUT2D eigenvalue weighted by Crippen LogP contribution is 2.18. The smallest absolute Gasteiger partial charge is 0.233 e. The van der Waals surface area contributed by atoms with Crippen molar-refractivity contribution in [2.24, 2.45) is 5.92 Å². The second-order valence-electron chi connectivity index (χ2n) is 5.56. The van der Waals surface area contributed by atoms with Crippen LogP contribution in [0.25, 0.3) is 0 Å². The molecule has 2 aliphatic rings. The molecule has 98 valence electrons. The van der Waals surface area contributed by atoms with Crippen LogP contribution in [-0.4, -0.2) is 50.1 Å². The van der Waals surface area contributed by atoms with Gasteiger partial charge in [-0.3, -0.25) is 4.79 Å². The van der Waals surface area contributed by atoms with Crippen LogP contribution in [0.1, 0.15) is 32.1 Å². The van der Waals surface area contributed by atoms with E-state index in [9.17, 15) is 4.79 Å². The summed E-state index contributed by atoms with van der Waals surface area (Å²) in [6, 6.07) is 0.618. The number of carbonyl (C=O) groups is 1. The molecule has 0 spiro atoms. The number of nitrogens with one attached hydrogen (secondary N) is 2. The lowest BCUT2D eigenvalue weighted by atomic mass is 9.95. The summed E-state index contributed by atoms with van der Waals surface area (Å²) in [5.41, 5.74) is 0. The van der Waals surface area contributed by atoms with Gasteiger partial charge in [-0.1, -0.05) is 0 Å². The van der Waals surface area contributed by atoms with Crippen molar-refractivity contribution >= 4 is 5.91 Å². The number of likely N-dealkylation sites (tertiary alicyclic amines) is 1. The zero-order valence-electron chi connectivity index (χ0n) is 10.9. The van der Waals surface area contributed by atoms with Gasteiger partial charge in [0.1, 0.15) is 0 Å². The van der Waals surface area contributed by atoms with Crippen molar-refractivity contribution in [2.45, 2.75) is 38.1 Å². The Hall–Kier alpha value is -0.610. The third-order valence-electron chi connectivity index (χ3n) is 3.73. The normalized spacial score (nSPS) is 25.8. The second-order valence-corrected chi connectivity index (χ2v) is 5.56. The van der Waals surface area contributed by atoms with Crippen molar-refractivity contribution in [1.29, 1.82) is 0 Å². The van der Waals surface area contributed by atoms with Crippen molar-refractivity contribution in [2.75, 3.05) is 33.2 Å². The molecule has 0 aromatic heterocycles. The molecule has 1 amide bonds. The number of nitrogens with zero attached hydrogens (tertiary/aromatic N) is 1. The van der Waals surface area contributed by atoms with Crippen LogP contribution in [0, 0.1) is 5.92 Å². The van der Waals surface area contributed by atoms with Gasteiger partial charge in [0, 0.05) is 19.1 Å². The van der Waals surface area contributed by atoms with Crippen LogP contribution in [0.15, 0.2) is 0 Å². The van der Waals surface area contributed by atoms with E-state index in [4.69, 9.17) is 0 Å². The van der Waals surface area contributed by atoms with Crippen molar-refractivity contribution in [3.05, 3.63) is 0 Å². The number of hydrogen-bond donors (Lipinski definition) is 2. The molecule has 1 aliphatic heterocycles. The minimum absolute atomic E-state index is 0.154. The average molecular weight is 239 g/mol. The van der Waals surface area contributed by atoms with Gasteiger partial charge in [-0.2, -0.15) is 0 Å². The monoisotopic (exact) mass is 239 g/mol. The Balaban J connectivity index is 1.50. The molecule has 4 heteroatoms. The van der Waals surface area contributed by atoms with Crippen LogP contribution in [0.2, 0.25) is 0 Å². The molecule has 0 aromatic rings. The second kappa shape index (κ2) is 6.36. The fourth-order valence-corrected chi connectivity index (χ4v) is 2.51. The number of rotatable bonds is 6. The molecule has 0 bridgehead atoms. The van der Waals surface area contributed by atoms with Gasteiger partial charge in [-0.15, -0.1) is 0 Å². The molecule has 4 nitrogen and oxygen atoms in total. The van der Waals surface area contributed by atoms with Crippen LogP contribution in [0.5, 0.6) is 0 Å². The summed E-state index contributed by atoms with van der Waals surface area (Å²) in [5, 5.41) is 6.24. The van der Waals surface area contributed by atoms with E-state index in [2.05, 4.69) is 22.6 Å². The van der Waals surface area contributed by atoms with Gasteiger partial charge in [0.25, 0.3) is 0 Å². The first-order valence-electron chi connectivity index (χ1n) is 6.92. The molecule has 1 unspecified atom stereocenters. The van der Waals surface area contributed by atoms with Crippen molar-refractivity contribution in [3.63, 3.8) is 0 Å². The Labute approximate surface area is 104 Å². The topological polar surface area (TPSA) is 44.4 Å². The Morgan fingerprint density at radius 2 is 2.18 bits per heavy atom. The van der Waals surface area contributed by atoms with Gasteiger partial charge in [0.05, 0.1) is 6.54 Å². The summed E-state index contributed by atoms with van der Waals surface area (Å²) in [6.07, 6.45) is 6.22. The third kappa shape index (κ3) is 5.04. The molecule has 17 heavy (non-hydrogen) atoms. The fraction of sp³-hybridized carbons (Fsp3) is 0.923. The molecule has 0 aromatic carbocycles. The summed E-state index contributed by atoms with van der Waals surface area (Å²) >= 11 is 0. The number of amides is 1. The number of piperidine rings is 1. The number of carbonyl (C=O) groups excluding carboxylic acids is 1. The predicted molar refractivity (Wildman–Crippen MR) is 68.9 cm³/mol. The van der Waals surface area contributed by atoms with Crippen molar-refractivity contribution in [3.8, 4) is 0 Å². The molecule has 2 N–H and O–H groups in total. The van der Waals surface area contributed by atoms with Crippen LogP contribution in [0.4, 0.5) is 0 Å². The van der Waals surface area contributed by atoms with Crippen molar-refractivity contribution < 1.29 is 4.79 Å². The molecule has 1 atom stereocenters. The minimum atomic E-state index is 0.154. The molecular formula is C13H25N3O. The first-order chi connectivity index (χ1) is 8.24. The average Bonchev–Trinajstić information content (AvgIpc) is 3.10. The highest BCUT2D eigenvalue weighted by atomic mass is 16.1. The third-order valence-corrected chi connectivity index (χ3v) is 3.73. The lowest BCUT2D eigenvalue weighted by molar-refractivity contribution is -0.120. The van der Waals surface area contributed by atoms with Gasteiger partial charge in [-0.05, 0) is 51.6 Å². The molecule has 1 heterocycles. The predicted octanol–water partition coefficient (Wildman–Crippen LogP) is 0.587. The maximum absolute atomic E-state index is 11.5. The molecule has 1 aliphatic carbocycles. The van der Waals surface area contributed by atoms with Gasteiger partial charge in [-0.25, -0.2) is 0 Å². The van der Waals surface area contributed by atoms with Gasteiger partial charge < -0.3 is 15.5 Å². The van der Waals surface area contributed by atoms with Crippen molar-refractivity contribution in [1.82, 2.24) is 15.5 Å². The van der Waals surface area contributed by atoms with Crippen LogP contribution < -0.4 is 10.6 Å². The SMILES string of the molecule is CN1CCCC(CCNC(=O)CNC2CC2)C1. The van der Waals surface area contributed by atoms with E-state index in [1.807, 2.05) is 0 Å². The maximum atomic E-state index is 11.5. The first-order valence-corrected chi connectivity index (χ1v) is 6.92. The zero-order valence-corrected chi connectivity index (χ0v) is 10.9. The van der Waals surface area contributed by atoms with Gasteiger partial charge >= 0.3 is 0 Å². The van der Waals surface area contributed by atoms with Gasteiger partial charge in [0.15, 0.2) is 0 Å². The quantitative estimate of drug-likeness (QED) is 0.713. The van der Waals surface area contributed by atoms with E-state index in [1.165, 1.54) is 38.8 Å². The van der Waals surface area contributed by atoms with E-state index in [0.717, 1.165) is 18.9 Å². The largest absolute Gasteiger partial charge is 0.355 e. The lowest BCUT2D eigenvalue weighted by Crippen LogP contribution is -2.37. The standard InChI is InChI=1S/C13H25N3O/c1-16-8-2-3-11(10-16)6-7-14-13(17)9-15-12-4-5-12/h11-12,15H,2-10H2,1H3,(H,14,17). The summed E-state index contributed by atoms with van der Waals surface area (Å²) in [5.74, 6) is 0.923. The summed E-state index contributed by atoms with van der Waals surface area (Å²) in [6.45, 7) is 3.75. The Morgan fingerprint density at radius 1 is 1.35 bits per heavy atom. The molecule has 1 saturated heterocycles. The van der Waals surface area contributed by atoms with Crippen LogP contribution >= 0.6 is 0 Å². The van der Waals surface area contributed by atoms with E-state index < -0.39 is 0 Å². The van der Waals surface area contributed by atoms with Crippen LogP contribution in [0.3, 0.4) is 0 Å². The summed E-state index contributed by atoms with van der Waals surface area (Å²) < 4.78 is 0. The Kier molecular flexibility index (Phi) is 4.80. The molecule has 2 fully saturated rings. The molecular weight excluding hydrogens is 214 g/mol. The van der Waals surface area contributed by atoms with E-state index in [0.29, 0.717) is 12.6 Å². The summed E-state index contributed by atoms with van der Waals surface area (Å²) in [4.78, 5) is 13.9. The highest BCUT2D eigenvalue weighted by Gasteiger charge is 2.21. The Bertz CT molecular complexity index is 253. The molecule has 0 radical (unpaired) electrons. The maximum Gasteiger partial charge on any atom is 0.233 e. The van der Waals surface area contributed by atoms with E-state index in [1.54, 1.807) is 0 Å². The zero-order chi connectivity index (χ0) is 12.1. The first kappa shape index (κ1) is 12.8. The minimum Gasteiger partial charge on any atom is -0.355 e. The molecule has 1 saturated carbocycles. The van der Waals surface area contributed by atoms with E-state index >= 15 is 0 Å². The van der Waals surface area contributed by atoms with Crippen LogP contribution in [-0.2, 0) is 4.79 Å². The van der Waals surface area contributed by atoms with E-state index in [-0.39, 0.29) is 5.91 Å². The number of hydrogen-bond acceptors (Lipinski definition) is 3. The molecule has 2 rings (SSSR count). The fourth-order valence-electron chi connectivity index (χ4n) is 2.51. The van der Waals surface area contributed by atoms with Gasteiger partial charge in [0.2, 0.25) is 5.91 Å². The Morgan fingerprint density at radius 3 is 2.88 bits per heavy atom. The highest BCUT2D eigenvalue weighted by molar-refractivity contribution is 5.78.